The topological polar surface area (TPSA) is 46.3 Å². The maximum absolute atomic E-state index is 13.1. The van der Waals surface area contributed by atoms with E-state index in [9.17, 15) is 9.50 Å². The van der Waals surface area contributed by atoms with Crippen molar-refractivity contribution < 1.29 is 13.9 Å². The standard InChI is InChI=1S/C14H9ClFNO2/c15-11-3-1-2-8-5-12(19-14(8)11)13(18)9-4-10(16)7-17-6-9/h1-7,13,18H. The summed E-state index contributed by atoms with van der Waals surface area (Å²) in [5.41, 5.74) is 0.831. The molecule has 0 aliphatic rings. The number of halogens is 2. The van der Waals surface area contributed by atoms with Crippen LogP contribution in [0.1, 0.15) is 17.4 Å². The highest BCUT2D eigenvalue weighted by atomic mass is 35.5. The van der Waals surface area contributed by atoms with E-state index in [4.69, 9.17) is 16.0 Å². The number of para-hydroxylation sites is 1. The zero-order valence-electron chi connectivity index (χ0n) is 9.68. The van der Waals surface area contributed by atoms with Gasteiger partial charge in [0.25, 0.3) is 0 Å². The molecule has 0 bridgehead atoms. The Labute approximate surface area is 113 Å². The Morgan fingerprint density at radius 1 is 1.26 bits per heavy atom. The second-order valence-electron chi connectivity index (χ2n) is 4.15. The van der Waals surface area contributed by atoms with Gasteiger partial charge in [0.1, 0.15) is 17.7 Å². The van der Waals surface area contributed by atoms with Crippen LogP contribution in [-0.4, -0.2) is 10.1 Å². The molecule has 3 aromatic rings. The van der Waals surface area contributed by atoms with Gasteiger partial charge in [-0.25, -0.2) is 4.39 Å². The number of pyridine rings is 1. The maximum atomic E-state index is 13.1. The van der Waals surface area contributed by atoms with E-state index in [2.05, 4.69) is 4.98 Å². The van der Waals surface area contributed by atoms with Crippen molar-refractivity contribution in [2.24, 2.45) is 0 Å². The van der Waals surface area contributed by atoms with Gasteiger partial charge < -0.3 is 9.52 Å². The minimum atomic E-state index is -1.08. The molecular weight excluding hydrogens is 269 g/mol. The van der Waals surface area contributed by atoms with E-state index >= 15 is 0 Å². The SMILES string of the molecule is OC(c1cncc(F)c1)c1cc2cccc(Cl)c2o1. The van der Waals surface area contributed by atoms with Gasteiger partial charge in [-0.2, -0.15) is 0 Å². The molecule has 5 heteroatoms. The molecule has 0 saturated carbocycles. The molecule has 0 radical (unpaired) electrons. The molecule has 0 amide bonds. The van der Waals surface area contributed by atoms with Crippen LogP contribution in [0.4, 0.5) is 4.39 Å². The molecule has 0 aliphatic carbocycles. The van der Waals surface area contributed by atoms with Crippen molar-refractivity contribution in [2.75, 3.05) is 0 Å². The molecule has 2 heterocycles. The zero-order valence-corrected chi connectivity index (χ0v) is 10.4. The third-order valence-corrected chi connectivity index (χ3v) is 3.12. The van der Waals surface area contributed by atoms with Crippen LogP contribution in [0.15, 0.2) is 47.1 Å². The number of hydrogen-bond donors (Lipinski definition) is 1. The molecular formula is C14H9ClFNO2. The fraction of sp³-hybridized carbons (Fsp3) is 0.0714. The van der Waals surface area contributed by atoms with Gasteiger partial charge in [-0.3, -0.25) is 4.98 Å². The molecule has 96 valence electrons. The van der Waals surface area contributed by atoms with Crippen molar-refractivity contribution in [2.45, 2.75) is 6.10 Å². The van der Waals surface area contributed by atoms with Crippen molar-refractivity contribution in [3.63, 3.8) is 0 Å². The molecule has 1 aromatic carbocycles. The molecule has 3 rings (SSSR count). The molecule has 2 aromatic heterocycles. The first-order chi connectivity index (χ1) is 9.15. The van der Waals surface area contributed by atoms with Gasteiger partial charge in [-0.1, -0.05) is 23.7 Å². The van der Waals surface area contributed by atoms with Gasteiger partial charge in [0.15, 0.2) is 5.58 Å². The Morgan fingerprint density at radius 2 is 2.11 bits per heavy atom. The molecule has 0 spiro atoms. The van der Waals surface area contributed by atoms with E-state index < -0.39 is 11.9 Å². The second kappa shape index (κ2) is 4.64. The monoisotopic (exact) mass is 277 g/mol. The minimum Gasteiger partial charge on any atom is -0.456 e. The third-order valence-electron chi connectivity index (χ3n) is 2.83. The molecule has 1 atom stereocenters. The number of nitrogens with zero attached hydrogens (tertiary/aromatic N) is 1. The van der Waals surface area contributed by atoms with Gasteiger partial charge in [-0.15, -0.1) is 0 Å². The number of benzene rings is 1. The summed E-state index contributed by atoms with van der Waals surface area (Å²) >= 11 is 6.00. The smallest absolute Gasteiger partial charge is 0.153 e. The lowest BCUT2D eigenvalue weighted by Crippen LogP contribution is -1.99. The largest absolute Gasteiger partial charge is 0.456 e. The third kappa shape index (κ3) is 2.20. The lowest BCUT2D eigenvalue weighted by molar-refractivity contribution is 0.191. The summed E-state index contributed by atoms with van der Waals surface area (Å²) in [4.78, 5) is 3.70. The average molecular weight is 278 g/mol. The fourth-order valence-electron chi connectivity index (χ4n) is 1.92. The Hall–Kier alpha value is -1.91. The highest BCUT2D eigenvalue weighted by Crippen LogP contribution is 2.31. The number of fused-ring (bicyclic) bond motifs is 1. The zero-order chi connectivity index (χ0) is 13.4. The van der Waals surface area contributed by atoms with Crippen molar-refractivity contribution >= 4 is 22.6 Å². The average Bonchev–Trinajstić information content (AvgIpc) is 2.83. The molecule has 1 N–H and O–H groups in total. The number of rotatable bonds is 2. The van der Waals surface area contributed by atoms with Gasteiger partial charge >= 0.3 is 0 Å². The molecule has 3 nitrogen and oxygen atoms in total. The van der Waals surface area contributed by atoms with Crippen LogP contribution < -0.4 is 0 Å². The van der Waals surface area contributed by atoms with E-state index in [1.165, 1.54) is 12.3 Å². The van der Waals surface area contributed by atoms with E-state index in [-0.39, 0.29) is 0 Å². The molecule has 0 saturated heterocycles. The second-order valence-corrected chi connectivity index (χ2v) is 4.55. The molecule has 0 fully saturated rings. The van der Waals surface area contributed by atoms with E-state index in [1.54, 1.807) is 18.2 Å². The summed E-state index contributed by atoms with van der Waals surface area (Å²) in [6.07, 6.45) is 1.39. The molecule has 1 unspecified atom stereocenters. The van der Waals surface area contributed by atoms with E-state index in [1.807, 2.05) is 6.07 Å². The predicted molar refractivity (Wildman–Crippen MR) is 69.5 cm³/mol. The Balaban J connectivity index is 2.06. The van der Waals surface area contributed by atoms with Crippen LogP contribution >= 0.6 is 11.6 Å². The summed E-state index contributed by atoms with van der Waals surface area (Å²) < 4.78 is 18.6. The lowest BCUT2D eigenvalue weighted by atomic mass is 10.1. The van der Waals surface area contributed by atoms with Gasteiger partial charge in [0.05, 0.1) is 11.2 Å². The molecule has 19 heavy (non-hydrogen) atoms. The van der Waals surface area contributed by atoms with Gasteiger partial charge in [0.2, 0.25) is 0 Å². The van der Waals surface area contributed by atoms with Crippen LogP contribution in [-0.2, 0) is 0 Å². The van der Waals surface area contributed by atoms with E-state index in [0.717, 1.165) is 11.6 Å². The van der Waals surface area contributed by atoms with E-state index in [0.29, 0.717) is 21.9 Å². The normalized spacial score (nSPS) is 12.8. The summed E-state index contributed by atoms with van der Waals surface area (Å²) in [7, 11) is 0. The highest BCUT2D eigenvalue weighted by Gasteiger charge is 2.17. The van der Waals surface area contributed by atoms with Crippen molar-refractivity contribution in [3.8, 4) is 0 Å². The maximum Gasteiger partial charge on any atom is 0.153 e. The number of aliphatic hydroxyl groups is 1. The van der Waals surface area contributed by atoms with Crippen molar-refractivity contribution in [3.05, 3.63) is 64.9 Å². The van der Waals surface area contributed by atoms with Crippen LogP contribution in [0.2, 0.25) is 5.02 Å². The Morgan fingerprint density at radius 3 is 2.84 bits per heavy atom. The van der Waals surface area contributed by atoms with Crippen LogP contribution in [0, 0.1) is 5.82 Å². The van der Waals surface area contributed by atoms with Crippen LogP contribution in [0.5, 0.6) is 0 Å². The number of aliphatic hydroxyl groups excluding tert-OH is 1. The Kier molecular flexibility index (Phi) is 2.97. The summed E-state index contributed by atoms with van der Waals surface area (Å²) in [5, 5.41) is 11.4. The van der Waals surface area contributed by atoms with Crippen LogP contribution in [0.3, 0.4) is 0 Å². The van der Waals surface area contributed by atoms with Crippen LogP contribution in [0.25, 0.3) is 11.0 Å². The first-order valence-electron chi connectivity index (χ1n) is 5.61. The predicted octanol–water partition coefficient (Wildman–Crippen LogP) is 3.70. The quantitative estimate of drug-likeness (QED) is 0.777. The first-order valence-corrected chi connectivity index (χ1v) is 5.99. The molecule has 0 aliphatic heterocycles. The summed E-state index contributed by atoms with van der Waals surface area (Å²) in [5.74, 6) is -0.207. The van der Waals surface area contributed by atoms with Crippen molar-refractivity contribution in [1.29, 1.82) is 0 Å². The van der Waals surface area contributed by atoms with Gasteiger partial charge in [0, 0.05) is 17.1 Å². The highest BCUT2D eigenvalue weighted by molar-refractivity contribution is 6.34. The number of furan rings is 1. The minimum absolute atomic E-state index is 0.301. The number of hydrogen-bond acceptors (Lipinski definition) is 3. The lowest BCUT2D eigenvalue weighted by Gasteiger charge is -2.06. The summed E-state index contributed by atoms with van der Waals surface area (Å²) in [6, 6.07) is 8.21. The fourth-order valence-corrected chi connectivity index (χ4v) is 2.14. The van der Waals surface area contributed by atoms with Crippen molar-refractivity contribution in [1.82, 2.24) is 4.98 Å². The van der Waals surface area contributed by atoms with Gasteiger partial charge in [-0.05, 0) is 18.2 Å². The first kappa shape index (κ1) is 12.1. The summed E-state index contributed by atoms with van der Waals surface area (Å²) in [6.45, 7) is 0. The Bertz CT molecular complexity index is 741. The number of aromatic nitrogens is 1.